The van der Waals surface area contributed by atoms with Crippen molar-refractivity contribution < 1.29 is 4.79 Å². The van der Waals surface area contributed by atoms with E-state index in [9.17, 15) is 9.59 Å². The molecule has 0 amide bonds. The second kappa shape index (κ2) is 3.00. The van der Waals surface area contributed by atoms with Crippen LogP contribution in [0.5, 0.6) is 0 Å². The highest BCUT2D eigenvalue weighted by Crippen LogP contribution is 2.06. The zero-order chi connectivity index (χ0) is 8.43. The topological polar surface area (TPSA) is 49.9 Å². The largest absolute Gasteiger partial charge is 0.319 e. The molecule has 0 atom stereocenters. The Bertz CT molecular complexity index is 343. The third-order valence-corrected chi connectivity index (χ3v) is 1.65. The summed E-state index contributed by atoms with van der Waals surface area (Å²) in [7, 11) is 0. The van der Waals surface area contributed by atoms with Gasteiger partial charge in [0.2, 0.25) is 5.56 Å². The molecule has 0 aliphatic carbocycles. The highest BCUT2D eigenvalue weighted by Gasteiger charge is 2.00. The molecule has 58 valence electrons. The van der Waals surface area contributed by atoms with Gasteiger partial charge in [0.25, 0.3) is 0 Å². The summed E-state index contributed by atoms with van der Waals surface area (Å²) >= 11 is 3.11. The van der Waals surface area contributed by atoms with Gasteiger partial charge in [0.15, 0.2) is 5.78 Å². The molecule has 1 heterocycles. The molecule has 1 aromatic heterocycles. The van der Waals surface area contributed by atoms with Crippen LogP contribution in [-0.4, -0.2) is 10.8 Å². The predicted molar refractivity (Wildman–Crippen MR) is 44.8 cm³/mol. The first-order valence-corrected chi connectivity index (χ1v) is 3.79. The van der Waals surface area contributed by atoms with E-state index in [0.717, 1.165) is 0 Å². The third-order valence-electron chi connectivity index (χ3n) is 1.19. The first kappa shape index (κ1) is 8.20. The van der Waals surface area contributed by atoms with Gasteiger partial charge in [-0.1, -0.05) is 15.9 Å². The van der Waals surface area contributed by atoms with Gasteiger partial charge in [-0.2, -0.15) is 0 Å². The fourth-order valence-electron chi connectivity index (χ4n) is 0.699. The minimum absolute atomic E-state index is 0.150. The summed E-state index contributed by atoms with van der Waals surface area (Å²) in [6, 6.07) is 2.94. The smallest absolute Gasteiger partial charge is 0.249 e. The minimum atomic E-state index is -0.274. The lowest BCUT2D eigenvalue weighted by atomic mass is 10.3. The second-order valence-corrected chi connectivity index (χ2v) is 3.05. The standard InChI is InChI=1S/C7H6BrNO2/c1-4(10)6-2-5(8)3-7(11)9-6/h2-3H,1H3,(H,9,11). The van der Waals surface area contributed by atoms with Crippen molar-refractivity contribution in [3.8, 4) is 0 Å². The van der Waals surface area contributed by atoms with Crippen LogP contribution in [0.15, 0.2) is 21.4 Å². The summed E-state index contributed by atoms with van der Waals surface area (Å²) < 4.78 is 0.617. The summed E-state index contributed by atoms with van der Waals surface area (Å²) in [4.78, 5) is 23.9. The van der Waals surface area contributed by atoms with E-state index in [1.807, 2.05) is 0 Å². The van der Waals surface area contributed by atoms with Crippen molar-refractivity contribution in [1.29, 1.82) is 0 Å². The zero-order valence-electron chi connectivity index (χ0n) is 5.85. The molecule has 0 aromatic carbocycles. The van der Waals surface area contributed by atoms with Gasteiger partial charge in [0.1, 0.15) is 0 Å². The van der Waals surface area contributed by atoms with Gasteiger partial charge >= 0.3 is 0 Å². The molecule has 0 aliphatic rings. The molecule has 1 aromatic rings. The maximum atomic E-state index is 10.8. The number of pyridine rings is 1. The van der Waals surface area contributed by atoms with Crippen LogP contribution in [0, 0.1) is 0 Å². The Balaban J connectivity index is 3.30. The number of halogens is 1. The maximum absolute atomic E-state index is 10.8. The summed E-state index contributed by atoms with van der Waals surface area (Å²) in [5, 5.41) is 0. The van der Waals surface area contributed by atoms with E-state index in [4.69, 9.17) is 0 Å². The van der Waals surface area contributed by atoms with Gasteiger partial charge in [0.05, 0.1) is 5.69 Å². The number of aromatic nitrogens is 1. The molecule has 0 saturated heterocycles. The van der Waals surface area contributed by atoms with Gasteiger partial charge in [-0.3, -0.25) is 9.59 Å². The summed E-state index contributed by atoms with van der Waals surface area (Å²) in [6.07, 6.45) is 0. The Morgan fingerprint density at radius 2 is 2.18 bits per heavy atom. The number of hydrogen-bond donors (Lipinski definition) is 1. The van der Waals surface area contributed by atoms with Gasteiger partial charge in [-0.25, -0.2) is 0 Å². The van der Waals surface area contributed by atoms with Crippen molar-refractivity contribution in [2.24, 2.45) is 0 Å². The van der Waals surface area contributed by atoms with E-state index in [0.29, 0.717) is 10.2 Å². The molecule has 0 spiro atoms. The van der Waals surface area contributed by atoms with Crippen LogP contribution < -0.4 is 5.56 Å². The number of nitrogens with one attached hydrogen (secondary N) is 1. The van der Waals surface area contributed by atoms with E-state index in [1.54, 1.807) is 6.07 Å². The molecular weight excluding hydrogens is 210 g/mol. The van der Waals surface area contributed by atoms with Crippen LogP contribution in [0.2, 0.25) is 0 Å². The molecule has 0 unspecified atom stereocenters. The Morgan fingerprint density at radius 1 is 1.55 bits per heavy atom. The van der Waals surface area contributed by atoms with Crippen LogP contribution >= 0.6 is 15.9 Å². The van der Waals surface area contributed by atoms with E-state index >= 15 is 0 Å². The molecular formula is C7H6BrNO2. The van der Waals surface area contributed by atoms with Crippen LogP contribution in [0.1, 0.15) is 17.4 Å². The Kier molecular flexibility index (Phi) is 2.24. The van der Waals surface area contributed by atoms with E-state index in [2.05, 4.69) is 20.9 Å². The molecule has 4 heteroatoms. The van der Waals surface area contributed by atoms with Gasteiger partial charge < -0.3 is 4.98 Å². The van der Waals surface area contributed by atoms with Crippen molar-refractivity contribution >= 4 is 21.7 Å². The summed E-state index contributed by atoms with van der Waals surface area (Å²) in [5.74, 6) is -0.150. The lowest BCUT2D eigenvalue weighted by molar-refractivity contribution is 0.101. The minimum Gasteiger partial charge on any atom is -0.319 e. The van der Waals surface area contributed by atoms with E-state index in [1.165, 1.54) is 13.0 Å². The molecule has 1 N–H and O–H groups in total. The van der Waals surface area contributed by atoms with Crippen LogP contribution in [0.3, 0.4) is 0 Å². The van der Waals surface area contributed by atoms with Gasteiger partial charge in [-0.15, -0.1) is 0 Å². The predicted octanol–water partition coefficient (Wildman–Crippen LogP) is 1.34. The van der Waals surface area contributed by atoms with Crippen molar-refractivity contribution in [2.75, 3.05) is 0 Å². The fraction of sp³-hybridized carbons (Fsp3) is 0.143. The first-order chi connectivity index (χ1) is 5.09. The average Bonchev–Trinajstić information content (AvgIpc) is 1.85. The lowest BCUT2D eigenvalue weighted by Crippen LogP contribution is -2.09. The number of aromatic amines is 1. The van der Waals surface area contributed by atoms with Crippen molar-refractivity contribution in [1.82, 2.24) is 4.98 Å². The molecule has 0 saturated carbocycles. The molecule has 1 rings (SSSR count). The molecule has 0 aliphatic heterocycles. The highest BCUT2D eigenvalue weighted by molar-refractivity contribution is 9.10. The second-order valence-electron chi connectivity index (χ2n) is 2.13. The third kappa shape index (κ3) is 2.01. The Labute approximate surface area is 71.6 Å². The SMILES string of the molecule is CC(=O)c1cc(Br)cc(=O)[nH]1. The quantitative estimate of drug-likeness (QED) is 0.720. The zero-order valence-corrected chi connectivity index (χ0v) is 7.44. The Morgan fingerprint density at radius 3 is 2.64 bits per heavy atom. The van der Waals surface area contributed by atoms with E-state index in [-0.39, 0.29) is 11.3 Å². The number of hydrogen-bond acceptors (Lipinski definition) is 2. The van der Waals surface area contributed by atoms with Crippen molar-refractivity contribution in [2.45, 2.75) is 6.92 Å². The molecule has 11 heavy (non-hydrogen) atoms. The molecule has 0 bridgehead atoms. The van der Waals surface area contributed by atoms with E-state index < -0.39 is 0 Å². The normalized spacial score (nSPS) is 9.64. The lowest BCUT2D eigenvalue weighted by Gasteiger charge is -1.94. The van der Waals surface area contributed by atoms with Crippen molar-refractivity contribution in [3.63, 3.8) is 0 Å². The maximum Gasteiger partial charge on any atom is 0.249 e. The monoisotopic (exact) mass is 215 g/mol. The number of carbonyl (C=O) groups excluding carboxylic acids is 1. The van der Waals surface area contributed by atoms with Crippen LogP contribution in [0.4, 0.5) is 0 Å². The average molecular weight is 216 g/mol. The van der Waals surface area contributed by atoms with Gasteiger partial charge in [0, 0.05) is 17.5 Å². The number of Topliss-reactive ketones (excluding diaryl/α,β-unsaturated/α-hetero) is 1. The highest BCUT2D eigenvalue weighted by atomic mass is 79.9. The number of ketones is 1. The summed E-state index contributed by atoms with van der Waals surface area (Å²) in [5.41, 5.74) is 0.0500. The van der Waals surface area contributed by atoms with Gasteiger partial charge in [-0.05, 0) is 6.07 Å². The first-order valence-electron chi connectivity index (χ1n) is 3.00. The number of rotatable bonds is 1. The molecule has 0 fully saturated rings. The Hall–Kier alpha value is -0.900. The van der Waals surface area contributed by atoms with Crippen molar-refractivity contribution in [3.05, 3.63) is 32.7 Å². The molecule has 0 radical (unpaired) electrons. The van der Waals surface area contributed by atoms with Crippen LogP contribution in [0.25, 0.3) is 0 Å². The number of carbonyl (C=O) groups is 1. The molecule has 3 nitrogen and oxygen atoms in total. The fourth-order valence-corrected chi connectivity index (χ4v) is 1.14. The summed E-state index contributed by atoms with van der Waals surface area (Å²) in [6.45, 7) is 1.40. The number of H-pyrrole nitrogens is 1. The van der Waals surface area contributed by atoms with Crippen LogP contribution in [-0.2, 0) is 0 Å².